The van der Waals surface area contributed by atoms with Gasteiger partial charge in [0.15, 0.2) is 17.4 Å². The number of hydrogen-bond acceptors (Lipinski definition) is 13. The van der Waals surface area contributed by atoms with Crippen molar-refractivity contribution < 1.29 is 37.7 Å². The number of aliphatic hydroxyl groups is 1. The molecule has 0 radical (unpaired) electrons. The summed E-state index contributed by atoms with van der Waals surface area (Å²) in [5.41, 5.74) is 4.80. The van der Waals surface area contributed by atoms with E-state index in [1.165, 1.54) is 31.9 Å². The number of ether oxygens (including phenoxy) is 3. The zero-order valence-corrected chi connectivity index (χ0v) is 24.6. The first-order valence-corrected chi connectivity index (χ1v) is 14.8. The van der Waals surface area contributed by atoms with Gasteiger partial charge in [-0.25, -0.2) is 9.55 Å². The second-order valence-corrected chi connectivity index (χ2v) is 11.5. The zero-order chi connectivity index (χ0) is 30.5. The lowest BCUT2D eigenvalue weighted by molar-refractivity contribution is -0.145. The van der Waals surface area contributed by atoms with Crippen molar-refractivity contribution in [2.75, 3.05) is 26.1 Å². The van der Waals surface area contributed by atoms with E-state index in [4.69, 9.17) is 29.0 Å². The highest BCUT2D eigenvalue weighted by Gasteiger charge is 2.55. The number of para-hydroxylation sites is 1. The van der Waals surface area contributed by atoms with Crippen LogP contribution in [0.1, 0.15) is 39.8 Å². The van der Waals surface area contributed by atoms with Crippen molar-refractivity contribution in [2.24, 2.45) is 5.41 Å². The van der Waals surface area contributed by atoms with Crippen molar-refractivity contribution in [1.82, 2.24) is 24.6 Å². The summed E-state index contributed by atoms with van der Waals surface area (Å²) in [5.74, 6) is -0.392. The molecule has 0 spiro atoms. The Kier molecular flexibility index (Phi) is 9.65. The average molecular weight is 604 g/mol. The van der Waals surface area contributed by atoms with E-state index in [0.717, 1.165) is 6.42 Å². The van der Waals surface area contributed by atoms with Gasteiger partial charge in [-0.1, -0.05) is 31.5 Å². The molecule has 1 aromatic carbocycles. The number of fused-ring (bicyclic) bond motifs is 1. The molecule has 1 aliphatic heterocycles. The van der Waals surface area contributed by atoms with Crippen LogP contribution in [0, 0.1) is 16.7 Å². The Hall–Kier alpha value is -3.80. The van der Waals surface area contributed by atoms with Crippen LogP contribution < -0.4 is 20.1 Å². The largest absolute Gasteiger partial charge is 0.479 e. The second-order valence-electron chi connectivity index (χ2n) is 9.85. The summed E-state index contributed by atoms with van der Waals surface area (Å²) in [7, 11) is -2.85. The third kappa shape index (κ3) is 6.48. The van der Waals surface area contributed by atoms with Crippen LogP contribution in [-0.2, 0) is 23.4 Å². The van der Waals surface area contributed by atoms with Crippen molar-refractivity contribution in [2.45, 2.75) is 58.1 Å². The van der Waals surface area contributed by atoms with Gasteiger partial charge in [0.2, 0.25) is 11.8 Å². The minimum Gasteiger partial charge on any atom is -0.479 e. The molecule has 1 fully saturated rings. The summed E-state index contributed by atoms with van der Waals surface area (Å²) >= 11 is 0. The smallest absolute Gasteiger partial charge is 0.459 e. The summed E-state index contributed by atoms with van der Waals surface area (Å²) in [6.07, 6.45) is -0.783. The zero-order valence-electron chi connectivity index (χ0n) is 23.7. The minimum absolute atomic E-state index is 0.0920. The molecule has 3 aromatic rings. The molecule has 0 aliphatic carbocycles. The van der Waals surface area contributed by atoms with E-state index < -0.39 is 50.2 Å². The number of benzene rings is 1. The van der Waals surface area contributed by atoms with Gasteiger partial charge in [-0.3, -0.25) is 13.9 Å². The van der Waals surface area contributed by atoms with Crippen LogP contribution in [0.5, 0.6) is 11.6 Å². The van der Waals surface area contributed by atoms with Gasteiger partial charge >= 0.3 is 13.7 Å². The standard InChI is InChI=1S/C26H34N7O8P/c1-5-6-12-38-23(35)16(2)32-42(36,41-17-10-8-7-9-11-17)39-13-18-20(34)26(3,14-27)24(40-18)33-15-29-19-21(33)30-25(28)31-22(19)37-4/h7-11,15-16,18,20,24,34H,5-6,12-13H2,1-4H3,(H,32,36)(H2,28,30,31). The number of aliphatic hydroxyl groups excluding tert-OH is 1. The van der Waals surface area contributed by atoms with Crippen LogP contribution in [0.2, 0.25) is 0 Å². The molecule has 6 atom stereocenters. The molecule has 42 heavy (non-hydrogen) atoms. The third-order valence-corrected chi connectivity index (χ3v) is 8.35. The van der Waals surface area contributed by atoms with Gasteiger partial charge in [0.05, 0.1) is 32.7 Å². The number of unbranched alkanes of at least 4 members (excludes halogenated alkanes) is 1. The quantitative estimate of drug-likeness (QED) is 0.146. The maximum atomic E-state index is 13.9. The first-order valence-electron chi connectivity index (χ1n) is 13.3. The van der Waals surface area contributed by atoms with Gasteiger partial charge in [-0.2, -0.15) is 20.3 Å². The Labute approximate surface area is 242 Å². The number of anilines is 1. The maximum Gasteiger partial charge on any atom is 0.459 e. The first-order chi connectivity index (χ1) is 20.0. The Balaban J connectivity index is 1.57. The number of nitriles is 1. The maximum absolute atomic E-state index is 13.9. The number of carbonyl (C=O) groups excluding carboxylic acids is 1. The summed E-state index contributed by atoms with van der Waals surface area (Å²) in [4.78, 5) is 25.0. The second kappa shape index (κ2) is 13.0. The number of rotatable bonds is 13. The number of nitrogen functional groups attached to an aromatic ring is 1. The molecule has 15 nitrogen and oxygen atoms in total. The summed E-state index contributed by atoms with van der Waals surface area (Å²) in [6.45, 7) is 4.67. The molecule has 2 aromatic heterocycles. The number of imidazole rings is 1. The van der Waals surface area contributed by atoms with Gasteiger partial charge in [0, 0.05) is 0 Å². The van der Waals surface area contributed by atoms with Gasteiger partial charge in [0.25, 0.3) is 0 Å². The van der Waals surface area contributed by atoms with Crippen LogP contribution >= 0.6 is 7.75 Å². The van der Waals surface area contributed by atoms with E-state index in [-0.39, 0.29) is 35.3 Å². The van der Waals surface area contributed by atoms with Crippen LogP contribution in [0.3, 0.4) is 0 Å². The van der Waals surface area contributed by atoms with E-state index in [0.29, 0.717) is 6.42 Å². The lowest BCUT2D eigenvalue weighted by Gasteiger charge is -2.26. The molecule has 3 heterocycles. The van der Waals surface area contributed by atoms with Gasteiger partial charge in [-0.05, 0) is 32.4 Å². The van der Waals surface area contributed by atoms with Crippen molar-refractivity contribution in [3.8, 4) is 17.7 Å². The summed E-state index contributed by atoms with van der Waals surface area (Å²) in [6, 6.07) is 9.29. The molecular formula is C26H34N7O8P. The SMILES string of the molecule is CCCCOC(=O)C(C)NP(=O)(OCC1OC(n2cnc3c(OC)nc(N)nc32)C(C)(C#N)C1O)Oc1ccccc1. The fourth-order valence-electron chi connectivity index (χ4n) is 4.35. The number of nitrogens with two attached hydrogens (primary N) is 1. The van der Waals surface area contributed by atoms with Crippen molar-refractivity contribution in [3.63, 3.8) is 0 Å². The van der Waals surface area contributed by atoms with Crippen LogP contribution in [-0.4, -0.2) is 69.2 Å². The van der Waals surface area contributed by atoms with E-state index in [2.05, 4.69) is 26.1 Å². The van der Waals surface area contributed by atoms with Gasteiger partial charge < -0.3 is 29.6 Å². The molecule has 1 aliphatic rings. The van der Waals surface area contributed by atoms with E-state index in [1.54, 1.807) is 30.3 Å². The van der Waals surface area contributed by atoms with Crippen LogP contribution in [0.15, 0.2) is 36.7 Å². The average Bonchev–Trinajstić information content (AvgIpc) is 3.50. The number of esters is 1. The fourth-order valence-corrected chi connectivity index (χ4v) is 5.86. The van der Waals surface area contributed by atoms with E-state index >= 15 is 0 Å². The van der Waals surface area contributed by atoms with Crippen LogP contribution in [0.25, 0.3) is 11.2 Å². The van der Waals surface area contributed by atoms with Crippen LogP contribution in [0.4, 0.5) is 5.95 Å². The molecule has 1 saturated heterocycles. The lowest BCUT2D eigenvalue weighted by Crippen LogP contribution is -2.39. The fraction of sp³-hybridized carbons (Fsp3) is 0.500. The predicted octanol–water partition coefficient (Wildman–Crippen LogP) is 2.73. The molecule has 226 valence electrons. The molecule has 0 amide bonds. The number of hydrogen-bond donors (Lipinski definition) is 3. The minimum atomic E-state index is -4.25. The van der Waals surface area contributed by atoms with Gasteiger partial charge in [0.1, 0.15) is 29.4 Å². The topological polar surface area (TPSA) is 206 Å². The molecule has 6 unspecified atom stereocenters. The highest BCUT2D eigenvalue weighted by atomic mass is 31.2. The highest BCUT2D eigenvalue weighted by molar-refractivity contribution is 7.52. The number of carbonyl (C=O) groups is 1. The summed E-state index contributed by atoms with van der Waals surface area (Å²) < 4.78 is 43.3. The summed E-state index contributed by atoms with van der Waals surface area (Å²) in [5, 5.41) is 23.9. The first kappa shape index (κ1) is 31.1. The predicted molar refractivity (Wildman–Crippen MR) is 149 cm³/mol. The van der Waals surface area contributed by atoms with Crippen molar-refractivity contribution >= 4 is 30.8 Å². The molecule has 0 saturated carbocycles. The molecular weight excluding hydrogens is 569 g/mol. The van der Waals surface area contributed by atoms with E-state index in [1.807, 2.05) is 6.92 Å². The Morgan fingerprint density at radius 3 is 2.76 bits per heavy atom. The molecule has 4 rings (SSSR count). The Bertz CT molecular complexity index is 1480. The third-order valence-electron chi connectivity index (χ3n) is 6.70. The number of aromatic nitrogens is 4. The number of methoxy groups -OCH3 is 1. The number of nitrogens with one attached hydrogen (secondary N) is 1. The van der Waals surface area contributed by atoms with Gasteiger partial charge in [-0.15, -0.1) is 0 Å². The number of nitrogens with zero attached hydrogens (tertiary/aromatic N) is 5. The Morgan fingerprint density at radius 1 is 1.36 bits per heavy atom. The van der Waals surface area contributed by atoms with E-state index in [9.17, 15) is 19.7 Å². The molecule has 4 N–H and O–H groups in total. The lowest BCUT2D eigenvalue weighted by atomic mass is 9.84. The highest BCUT2D eigenvalue weighted by Crippen LogP contribution is 2.49. The Morgan fingerprint density at radius 2 is 2.10 bits per heavy atom. The molecule has 0 bridgehead atoms. The monoisotopic (exact) mass is 603 g/mol. The van der Waals surface area contributed by atoms with Crippen molar-refractivity contribution in [3.05, 3.63) is 36.7 Å². The normalized spacial score (nSPS) is 24.0. The molecule has 16 heteroatoms. The van der Waals surface area contributed by atoms with Crippen molar-refractivity contribution in [1.29, 1.82) is 5.26 Å².